The van der Waals surface area contributed by atoms with Gasteiger partial charge in [-0.2, -0.15) is 0 Å². The summed E-state index contributed by atoms with van der Waals surface area (Å²) in [7, 11) is 3.15. The first-order valence-electron chi connectivity index (χ1n) is 16.2. The third kappa shape index (κ3) is 7.59. The number of aliphatic hydroxyl groups is 2. The van der Waals surface area contributed by atoms with Crippen molar-refractivity contribution in [1.29, 1.82) is 0 Å². The highest BCUT2D eigenvalue weighted by Crippen LogP contribution is 2.42. The van der Waals surface area contributed by atoms with Crippen molar-refractivity contribution in [3.63, 3.8) is 0 Å². The van der Waals surface area contributed by atoms with Gasteiger partial charge in [-0.15, -0.1) is 0 Å². The van der Waals surface area contributed by atoms with Crippen LogP contribution in [0.15, 0.2) is 48.8 Å². The molecule has 0 radical (unpaired) electrons. The Morgan fingerprint density at radius 1 is 0.688 bits per heavy atom. The highest BCUT2D eigenvalue weighted by molar-refractivity contribution is 6.39. The molecule has 2 heterocycles. The van der Waals surface area contributed by atoms with Crippen molar-refractivity contribution in [2.45, 2.75) is 63.8 Å². The van der Waals surface area contributed by atoms with Crippen molar-refractivity contribution in [1.82, 2.24) is 30.6 Å². The van der Waals surface area contributed by atoms with Gasteiger partial charge in [-0.25, -0.2) is 9.97 Å². The minimum absolute atomic E-state index is 0.421. The van der Waals surface area contributed by atoms with Crippen molar-refractivity contribution in [3.8, 4) is 45.4 Å². The van der Waals surface area contributed by atoms with Crippen molar-refractivity contribution >= 4 is 23.2 Å². The minimum atomic E-state index is -0.545. The molecular formula is C36H42Cl2N6O4. The fourth-order valence-electron chi connectivity index (χ4n) is 6.94. The van der Waals surface area contributed by atoms with E-state index in [-0.39, 0.29) is 0 Å². The van der Waals surface area contributed by atoms with Gasteiger partial charge in [0.15, 0.2) is 0 Å². The summed E-state index contributed by atoms with van der Waals surface area (Å²) in [5.74, 6) is 1.74. The maximum absolute atomic E-state index is 9.99. The Hall–Kier alpha value is -3.38. The fraction of sp³-hybridized carbons (Fsp3) is 0.444. The molecule has 4 N–H and O–H groups in total. The number of benzene rings is 2. The Bertz CT molecular complexity index is 1640. The predicted molar refractivity (Wildman–Crippen MR) is 187 cm³/mol. The normalized spacial score (nSPS) is 23.3. The lowest BCUT2D eigenvalue weighted by Gasteiger charge is -2.41. The first kappa shape index (κ1) is 34.5. The molecule has 4 aromatic rings. The number of nitrogens with zero attached hydrogens (tertiary/aromatic N) is 4. The number of halogens is 2. The Morgan fingerprint density at radius 2 is 1.06 bits per heavy atom. The molecule has 2 aromatic carbocycles. The summed E-state index contributed by atoms with van der Waals surface area (Å²) in [6.07, 6.45) is 6.57. The summed E-state index contributed by atoms with van der Waals surface area (Å²) in [6.45, 7) is 6.33. The van der Waals surface area contributed by atoms with Gasteiger partial charge in [0.2, 0.25) is 11.8 Å². The first-order valence-corrected chi connectivity index (χ1v) is 17.0. The Morgan fingerprint density at radius 3 is 1.42 bits per heavy atom. The van der Waals surface area contributed by atoms with E-state index in [4.69, 9.17) is 42.6 Å². The van der Waals surface area contributed by atoms with Crippen LogP contribution in [-0.4, -0.2) is 68.7 Å². The molecule has 6 rings (SSSR count). The standard InChI is InChI=1S/C36H42Cl2N6O4/c1-35(45)11-21(12-35)15-39-17-29-33(47-3)43-27(19-41-29)25-9-5-7-23(31(25)37)24-8-6-10-26(32(24)38)28-20-42-30(34(44-28)48-4)18-40-16-22-13-36(2,46)14-22/h5-10,19-22,39-40,45-46H,11-18H2,1-4H3. The number of ether oxygens (including phenoxy) is 2. The topological polar surface area (TPSA) is 135 Å². The summed E-state index contributed by atoms with van der Waals surface area (Å²) >= 11 is 14.1. The van der Waals surface area contributed by atoms with Crippen LogP contribution in [0.3, 0.4) is 0 Å². The van der Waals surface area contributed by atoms with E-state index >= 15 is 0 Å². The first-order chi connectivity index (χ1) is 23.0. The summed E-state index contributed by atoms with van der Waals surface area (Å²) in [6, 6.07) is 11.4. The maximum Gasteiger partial charge on any atom is 0.237 e. The second-order valence-electron chi connectivity index (χ2n) is 13.6. The highest BCUT2D eigenvalue weighted by atomic mass is 35.5. The van der Waals surface area contributed by atoms with Crippen molar-refractivity contribution < 1.29 is 19.7 Å². The minimum Gasteiger partial charge on any atom is -0.480 e. The smallest absolute Gasteiger partial charge is 0.237 e. The van der Waals surface area contributed by atoms with Crippen LogP contribution < -0.4 is 20.1 Å². The molecule has 0 amide bonds. The van der Waals surface area contributed by atoms with E-state index in [1.165, 1.54) is 0 Å². The molecule has 0 atom stereocenters. The van der Waals surface area contributed by atoms with Crippen LogP contribution in [0.25, 0.3) is 33.6 Å². The molecule has 2 fully saturated rings. The second-order valence-corrected chi connectivity index (χ2v) is 14.3. The monoisotopic (exact) mass is 692 g/mol. The zero-order chi connectivity index (χ0) is 34.1. The second kappa shape index (κ2) is 14.2. The molecule has 12 heteroatoms. The fourth-order valence-corrected chi connectivity index (χ4v) is 7.59. The van der Waals surface area contributed by atoms with Crippen LogP contribution in [0, 0.1) is 11.8 Å². The van der Waals surface area contributed by atoms with Gasteiger partial charge < -0.3 is 30.3 Å². The molecule has 10 nitrogen and oxygen atoms in total. The Balaban J connectivity index is 1.19. The average Bonchev–Trinajstić information content (AvgIpc) is 3.03. The SMILES string of the molecule is COc1nc(-c2cccc(-c3cccc(-c4cnc(CNCC5CC(C)(O)C5)c(OC)n4)c3Cl)c2Cl)cnc1CNCC1CC(C)(O)C1. The summed E-state index contributed by atoms with van der Waals surface area (Å²) in [5.41, 5.74) is 4.32. The van der Waals surface area contributed by atoms with E-state index in [0.717, 1.165) is 49.9 Å². The van der Waals surface area contributed by atoms with Gasteiger partial charge in [-0.05, 0) is 64.5 Å². The van der Waals surface area contributed by atoms with E-state index in [0.29, 0.717) is 80.6 Å². The zero-order valence-corrected chi connectivity index (χ0v) is 29.2. The number of methoxy groups -OCH3 is 2. The van der Waals surface area contributed by atoms with Gasteiger partial charge in [0.25, 0.3) is 0 Å². The van der Waals surface area contributed by atoms with Crippen molar-refractivity contribution in [2.24, 2.45) is 11.8 Å². The van der Waals surface area contributed by atoms with Gasteiger partial charge in [-0.3, -0.25) is 9.97 Å². The Kier molecular flexibility index (Phi) is 10.2. The van der Waals surface area contributed by atoms with E-state index in [2.05, 4.69) is 20.6 Å². The molecule has 0 bridgehead atoms. The van der Waals surface area contributed by atoms with Crippen molar-refractivity contribution in [2.75, 3.05) is 27.3 Å². The lowest BCUT2D eigenvalue weighted by Crippen LogP contribution is -2.44. The van der Waals surface area contributed by atoms with Crippen LogP contribution in [0.5, 0.6) is 11.8 Å². The zero-order valence-electron chi connectivity index (χ0n) is 27.7. The van der Waals surface area contributed by atoms with Crippen LogP contribution in [0.4, 0.5) is 0 Å². The van der Waals surface area contributed by atoms with Gasteiger partial charge in [-0.1, -0.05) is 59.6 Å². The van der Waals surface area contributed by atoms with E-state index in [9.17, 15) is 10.2 Å². The van der Waals surface area contributed by atoms with Crippen LogP contribution in [-0.2, 0) is 13.1 Å². The largest absolute Gasteiger partial charge is 0.480 e. The number of aromatic nitrogens is 4. The van der Waals surface area contributed by atoms with Crippen LogP contribution in [0.2, 0.25) is 10.0 Å². The molecule has 2 aliphatic rings. The van der Waals surface area contributed by atoms with Gasteiger partial charge in [0.1, 0.15) is 11.4 Å². The van der Waals surface area contributed by atoms with E-state index in [1.54, 1.807) is 26.6 Å². The van der Waals surface area contributed by atoms with Crippen LogP contribution in [0.1, 0.15) is 50.9 Å². The number of hydrogen-bond donors (Lipinski definition) is 4. The number of hydrogen-bond acceptors (Lipinski definition) is 10. The van der Waals surface area contributed by atoms with Crippen LogP contribution >= 0.6 is 23.2 Å². The maximum atomic E-state index is 9.99. The quantitative estimate of drug-likeness (QED) is 0.130. The average molecular weight is 694 g/mol. The third-order valence-corrected chi connectivity index (χ3v) is 10.0. The molecule has 2 aliphatic carbocycles. The number of rotatable bonds is 13. The molecule has 0 saturated heterocycles. The summed E-state index contributed by atoms with van der Waals surface area (Å²) in [5, 5.41) is 27.8. The summed E-state index contributed by atoms with van der Waals surface area (Å²) < 4.78 is 11.2. The Labute approximate surface area is 291 Å². The molecule has 2 saturated carbocycles. The predicted octanol–water partition coefficient (Wildman–Crippen LogP) is 6.09. The molecule has 48 heavy (non-hydrogen) atoms. The van der Waals surface area contributed by atoms with E-state index in [1.807, 2.05) is 50.2 Å². The lowest BCUT2D eigenvalue weighted by molar-refractivity contribution is -0.0565. The van der Waals surface area contributed by atoms with Gasteiger partial charge in [0.05, 0.1) is 59.2 Å². The lowest BCUT2D eigenvalue weighted by atomic mass is 9.72. The molecule has 0 unspecified atom stereocenters. The van der Waals surface area contributed by atoms with E-state index < -0.39 is 11.2 Å². The van der Waals surface area contributed by atoms with Gasteiger partial charge >= 0.3 is 0 Å². The van der Waals surface area contributed by atoms with Gasteiger partial charge in [0, 0.05) is 35.3 Å². The van der Waals surface area contributed by atoms with Crippen molar-refractivity contribution in [3.05, 3.63) is 70.2 Å². The molecular weight excluding hydrogens is 651 g/mol. The summed E-state index contributed by atoms with van der Waals surface area (Å²) in [4.78, 5) is 18.8. The molecule has 0 spiro atoms. The third-order valence-electron chi connectivity index (χ3n) is 9.21. The number of nitrogens with one attached hydrogen (secondary N) is 2. The molecule has 0 aliphatic heterocycles. The highest BCUT2D eigenvalue weighted by Gasteiger charge is 2.38. The molecule has 2 aromatic heterocycles. The molecule has 254 valence electrons.